The molecule has 0 saturated heterocycles. The molecule has 3 rings (SSSR count). The van der Waals surface area contributed by atoms with E-state index in [4.69, 9.17) is 9.57 Å². The van der Waals surface area contributed by atoms with E-state index in [1.54, 1.807) is 37.7 Å². The van der Waals surface area contributed by atoms with Gasteiger partial charge in [0.15, 0.2) is 6.23 Å². The Bertz CT molecular complexity index is 523. The zero-order chi connectivity index (χ0) is 13.5. The van der Waals surface area contributed by atoms with Crippen LogP contribution in [0.2, 0.25) is 0 Å². The number of anilines is 1. The molecule has 0 saturated carbocycles. The summed E-state index contributed by atoms with van der Waals surface area (Å²) in [5, 5.41) is 1.85. The zero-order valence-corrected chi connectivity index (χ0v) is 12.8. The molecule has 1 aromatic carbocycles. The lowest BCUT2D eigenvalue weighted by Gasteiger charge is -2.32. The molecule has 2 atom stereocenters. The number of thioether (sulfide) groups is 2. The molecule has 0 bridgehead atoms. The first-order chi connectivity index (χ1) is 9.26. The predicted molar refractivity (Wildman–Crippen MR) is 81.8 cm³/mol. The molecule has 0 radical (unpaired) electrons. The quantitative estimate of drug-likeness (QED) is 0.838. The number of hydroxylamine groups is 1. The minimum absolute atomic E-state index is 0.159. The second-order valence-electron chi connectivity index (χ2n) is 4.39. The van der Waals surface area contributed by atoms with Crippen LogP contribution in [-0.2, 0) is 14.3 Å². The van der Waals surface area contributed by atoms with Crippen LogP contribution in [0.1, 0.15) is 5.56 Å². The molecule has 0 N–H and O–H groups in total. The van der Waals surface area contributed by atoms with Crippen molar-refractivity contribution in [3.05, 3.63) is 29.8 Å². The van der Waals surface area contributed by atoms with Crippen molar-refractivity contribution in [3.8, 4) is 0 Å². The van der Waals surface area contributed by atoms with Crippen molar-refractivity contribution < 1.29 is 9.57 Å². The van der Waals surface area contributed by atoms with Crippen LogP contribution < -0.4 is 5.06 Å². The van der Waals surface area contributed by atoms with Gasteiger partial charge in [0.2, 0.25) is 0 Å². The summed E-state index contributed by atoms with van der Waals surface area (Å²) in [6.07, 6.45) is 1.90. The van der Waals surface area contributed by atoms with Gasteiger partial charge in [-0.25, -0.2) is 5.06 Å². The fourth-order valence-corrected chi connectivity index (χ4v) is 4.85. The first kappa shape index (κ1) is 13.3. The van der Waals surface area contributed by atoms with Crippen LogP contribution in [-0.4, -0.2) is 37.6 Å². The number of methoxy groups -OCH3 is 1. The van der Waals surface area contributed by atoms with Crippen molar-refractivity contribution in [1.29, 1.82) is 0 Å². The van der Waals surface area contributed by atoms with Gasteiger partial charge in [0.1, 0.15) is 9.12 Å². The number of hydrogen-bond acceptors (Lipinski definition) is 6. The Morgan fingerprint density at radius 1 is 1.42 bits per heavy atom. The topological polar surface area (TPSA) is 34.1 Å². The highest BCUT2D eigenvalue weighted by Crippen LogP contribution is 2.56. The van der Waals surface area contributed by atoms with E-state index in [0.717, 1.165) is 16.6 Å². The molecule has 2 heterocycles. The number of para-hydroxylation sites is 1. The number of ether oxygens (including phenoxy) is 1. The van der Waals surface area contributed by atoms with Gasteiger partial charge in [-0.05, 0) is 12.3 Å². The predicted octanol–water partition coefficient (Wildman–Crippen LogP) is 2.70. The maximum Gasteiger partial charge on any atom is 0.174 e. The van der Waals surface area contributed by atoms with Crippen molar-refractivity contribution in [2.75, 3.05) is 32.1 Å². The van der Waals surface area contributed by atoms with Gasteiger partial charge >= 0.3 is 0 Å². The zero-order valence-electron chi connectivity index (χ0n) is 11.1. The average Bonchev–Trinajstić information content (AvgIpc) is 3.00. The van der Waals surface area contributed by atoms with Crippen molar-refractivity contribution >= 4 is 33.6 Å². The standard InChI is InChI=1S/C13H16N2O2S2/c1-16-11-13(8-14-12(18-3)19-13)9-6-4-5-7-10(9)15(11)17-2/h4-7,11H,8H2,1-3H3/t11-,13+/m0/s1. The minimum atomic E-state index is -0.195. The Morgan fingerprint density at radius 3 is 2.84 bits per heavy atom. The third-order valence-corrected chi connectivity index (χ3v) is 5.96. The van der Waals surface area contributed by atoms with Crippen molar-refractivity contribution in [3.63, 3.8) is 0 Å². The molecule has 1 spiro atoms. The van der Waals surface area contributed by atoms with Crippen molar-refractivity contribution in [1.82, 2.24) is 0 Å². The Balaban J connectivity index is 2.09. The summed E-state index contributed by atoms with van der Waals surface area (Å²) in [7, 11) is 3.40. The van der Waals surface area contributed by atoms with E-state index in [1.807, 2.05) is 11.1 Å². The first-order valence-electron chi connectivity index (χ1n) is 6.00. The molecule has 1 aromatic rings. The molecule has 2 aliphatic heterocycles. The van der Waals surface area contributed by atoms with E-state index >= 15 is 0 Å². The third kappa shape index (κ3) is 1.81. The lowest BCUT2D eigenvalue weighted by atomic mass is 9.99. The number of rotatable bonds is 2. The molecule has 102 valence electrons. The van der Waals surface area contributed by atoms with Crippen LogP contribution in [0.3, 0.4) is 0 Å². The van der Waals surface area contributed by atoms with E-state index in [1.165, 1.54) is 5.56 Å². The summed E-state index contributed by atoms with van der Waals surface area (Å²) >= 11 is 3.47. The maximum atomic E-state index is 5.73. The van der Waals surface area contributed by atoms with Crippen LogP contribution in [0.25, 0.3) is 0 Å². The minimum Gasteiger partial charge on any atom is -0.357 e. The molecule has 6 heteroatoms. The number of aliphatic imine (C=N–C) groups is 1. The molecule has 19 heavy (non-hydrogen) atoms. The molecular weight excluding hydrogens is 280 g/mol. The lowest BCUT2D eigenvalue weighted by Crippen LogP contribution is -2.44. The van der Waals surface area contributed by atoms with Gasteiger partial charge < -0.3 is 4.74 Å². The molecule has 0 fully saturated rings. The highest BCUT2D eigenvalue weighted by molar-refractivity contribution is 8.39. The Hall–Kier alpha value is -0.690. The van der Waals surface area contributed by atoms with E-state index in [9.17, 15) is 0 Å². The number of fused-ring (bicyclic) bond motifs is 2. The lowest BCUT2D eigenvalue weighted by molar-refractivity contribution is -0.00621. The Labute approximate surface area is 121 Å². The SMILES string of the molecule is CO[C@@H]1N(OC)c2ccccc2[C@]12CN=C(SC)S2. The Morgan fingerprint density at radius 2 is 2.21 bits per heavy atom. The summed E-state index contributed by atoms with van der Waals surface area (Å²) in [4.78, 5) is 10.2. The molecular formula is C13H16N2O2S2. The molecule has 0 unspecified atom stereocenters. The summed E-state index contributed by atoms with van der Waals surface area (Å²) in [6.45, 7) is 0.725. The van der Waals surface area contributed by atoms with Gasteiger partial charge in [-0.1, -0.05) is 30.0 Å². The summed E-state index contributed by atoms with van der Waals surface area (Å²) < 4.78 is 6.64. The summed E-state index contributed by atoms with van der Waals surface area (Å²) in [5.74, 6) is 0. The van der Waals surface area contributed by atoms with E-state index in [0.29, 0.717) is 0 Å². The maximum absolute atomic E-state index is 5.73. The second kappa shape index (κ2) is 5.01. The molecule has 0 aliphatic carbocycles. The largest absolute Gasteiger partial charge is 0.357 e. The van der Waals surface area contributed by atoms with Crippen LogP contribution in [0.4, 0.5) is 5.69 Å². The van der Waals surface area contributed by atoms with Crippen LogP contribution in [0.5, 0.6) is 0 Å². The highest BCUT2D eigenvalue weighted by atomic mass is 32.2. The van der Waals surface area contributed by atoms with Crippen LogP contribution >= 0.6 is 23.5 Å². The van der Waals surface area contributed by atoms with E-state index in [-0.39, 0.29) is 11.0 Å². The van der Waals surface area contributed by atoms with Gasteiger partial charge in [0.25, 0.3) is 0 Å². The van der Waals surface area contributed by atoms with Gasteiger partial charge in [-0.2, -0.15) is 0 Å². The monoisotopic (exact) mass is 296 g/mol. The molecule has 4 nitrogen and oxygen atoms in total. The number of nitrogens with zero attached hydrogens (tertiary/aromatic N) is 2. The van der Waals surface area contributed by atoms with Gasteiger partial charge in [-0.15, -0.1) is 11.8 Å². The second-order valence-corrected chi connectivity index (χ2v) is 6.76. The summed E-state index contributed by atoms with van der Waals surface area (Å²) in [5.41, 5.74) is 2.31. The highest BCUT2D eigenvalue weighted by Gasteiger charge is 2.55. The van der Waals surface area contributed by atoms with E-state index in [2.05, 4.69) is 29.4 Å². The number of hydrogen-bond donors (Lipinski definition) is 0. The molecule has 0 amide bonds. The average molecular weight is 296 g/mol. The van der Waals surface area contributed by atoms with Crippen LogP contribution in [0.15, 0.2) is 29.3 Å². The normalized spacial score (nSPS) is 28.9. The van der Waals surface area contributed by atoms with Gasteiger partial charge in [0, 0.05) is 12.7 Å². The van der Waals surface area contributed by atoms with Gasteiger partial charge in [-0.3, -0.25) is 9.83 Å². The molecule has 0 aromatic heterocycles. The van der Waals surface area contributed by atoms with Crippen molar-refractivity contribution in [2.45, 2.75) is 11.0 Å². The smallest absolute Gasteiger partial charge is 0.174 e. The fraction of sp³-hybridized carbons (Fsp3) is 0.462. The number of benzene rings is 1. The first-order valence-corrected chi connectivity index (χ1v) is 8.04. The van der Waals surface area contributed by atoms with E-state index < -0.39 is 0 Å². The van der Waals surface area contributed by atoms with Crippen LogP contribution in [0, 0.1) is 0 Å². The third-order valence-electron chi connectivity index (χ3n) is 3.52. The molecule has 2 aliphatic rings. The fourth-order valence-electron chi connectivity index (χ4n) is 2.73. The van der Waals surface area contributed by atoms with Crippen molar-refractivity contribution in [2.24, 2.45) is 4.99 Å². The van der Waals surface area contributed by atoms with Gasteiger partial charge in [0.05, 0.1) is 19.3 Å². The Kier molecular flexibility index (Phi) is 3.51. The summed E-state index contributed by atoms with van der Waals surface area (Å²) in [6, 6.07) is 8.29.